The molecule has 0 spiro atoms. The second-order valence-corrected chi connectivity index (χ2v) is 7.07. The Morgan fingerprint density at radius 2 is 1.79 bits per heavy atom. The van der Waals surface area contributed by atoms with Gasteiger partial charge in [-0.25, -0.2) is 4.79 Å². The minimum absolute atomic E-state index is 0.271. The Morgan fingerprint density at radius 1 is 1.11 bits per heavy atom. The molecule has 1 aliphatic carbocycles. The number of amides is 3. The van der Waals surface area contributed by atoms with Crippen LogP contribution in [0, 0.1) is 0 Å². The summed E-state index contributed by atoms with van der Waals surface area (Å²) in [6.07, 6.45) is 2.17. The maximum absolute atomic E-state index is 13.1. The Bertz CT molecular complexity index is 788. The maximum atomic E-state index is 13.1. The van der Waals surface area contributed by atoms with Crippen molar-refractivity contribution in [3.8, 4) is 5.75 Å². The molecule has 2 aromatic carbocycles. The zero-order valence-corrected chi connectivity index (χ0v) is 16.4. The number of rotatable bonds is 8. The average Bonchev–Trinajstić information content (AvgIpc) is 3.54. The summed E-state index contributed by atoms with van der Waals surface area (Å²) in [5, 5.41) is 5.15. The average molecular weight is 382 g/mol. The standard InChI is InChI=1S/C22H27N3O3/c1-3-23-22(27)24-21(26)20(17-7-5-4-6-8-17)25(18-11-12-18)15-16-9-13-19(28-2)14-10-16/h4-10,13-14,18,20H,3,11-12,15H2,1-2H3,(H2,23,24,26,27)/p+1/t20-/m0/s1. The van der Waals surface area contributed by atoms with Gasteiger partial charge >= 0.3 is 6.03 Å². The van der Waals surface area contributed by atoms with Crippen molar-refractivity contribution >= 4 is 11.9 Å². The topological polar surface area (TPSA) is 71.9 Å². The molecule has 1 aliphatic rings. The number of methoxy groups -OCH3 is 1. The first kappa shape index (κ1) is 19.9. The lowest BCUT2D eigenvalue weighted by atomic mass is 10.0. The van der Waals surface area contributed by atoms with Crippen molar-refractivity contribution in [3.05, 3.63) is 65.7 Å². The van der Waals surface area contributed by atoms with E-state index >= 15 is 0 Å². The Hall–Kier alpha value is -2.86. The van der Waals surface area contributed by atoms with Gasteiger partial charge in [-0.05, 0) is 31.2 Å². The molecule has 3 amide bonds. The van der Waals surface area contributed by atoms with Gasteiger partial charge in [0.25, 0.3) is 5.91 Å². The minimum atomic E-state index is -0.451. The van der Waals surface area contributed by atoms with Crippen molar-refractivity contribution in [2.45, 2.75) is 38.4 Å². The normalized spacial score (nSPS) is 15.4. The van der Waals surface area contributed by atoms with Gasteiger partial charge in [-0.15, -0.1) is 0 Å². The van der Waals surface area contributed by atoms with Gasteiger partial charge in [-0.1, -0.05) is 30.3 Å². The number of benzene rings is 2. The van der Waals surface area contributed by atoms with Crippen LogP contribution in [0.2, 0.25) is 0 Å². The van der Waals surface area contributed by atoms with Crippen molar-refractivity contribution < 1.29 is 19.2 Å². The predicted molar refractivity (Wildman–Crippen MR) is 107 cm³/mol. The summed E-state index contributed by atoms with van der Waals surface area (Å²) >= 11 is 0. The van der Waals surface area contributed by atoms with Crippen molar-refractivity contribution in [2.24, 2.45) is 0 Å². The SMILES string of the molecule is CCNC(=O)NC(=O)[C@H](c1ccccc1)[NH+](Cc1ccc(OC)cc1)C1CC1. The number of hydrogen-bond donors (Lipinski definition) is 3. The molecular formula is C22H28N3O3+. The summed E-state index contributed by atoms with van der Waals surface area (Å²) < 4.78 is 5.24. The van der Waals surface area contributed by atoms with E-state index in [0.717, 1.165) is 34.6 Å². The number of carbonyl (C=O) groups is 2. The molecule has 0 heterocycles. The fourth-order valence-electron chi connectivity index (χ4n) is 3.48. The first-order valence-electron chi connectivity index (χ1n) is 9.74. The van der Waals surface area contributed by atoms with Crippen molar-refractivity contribution in [3.63, 3.8) is 0 Å². The van der Waals surface area contributed by atoms with Gasteiger partial charge in [0.15, 0.2) is 6.04 Å². The first-order chi connectivity index (χ1) is 13.6. The molecular weight excluding hydrogens is 354 g/mol. The monoisotopic (exact) mass is 382 g/mol. The fraction of sp³-hybridized carbons (Fsp3) is 0.364. The molecule has 1 unspecified atom stereocenters. The number of carbonyl (C=O) groups excluding carboxylic acids is 2. The zero-order chi connectivity index (χ0) is 19.9. The number of ether oxygens (including phenoxy) is 1. The summed E-state index contributed by atoms with van der Waals surface area (Å²) in [5.41, 5.74) is 2.05. The molecule has 6 nitrogen and oxygen atoms in total. The molecule has 0 saturated heterocycles. The molecule has 0 aliphatic heterocycles. The number of quaternary nitrogens is 1. The third kappa shape index (κ3) is 5.10. The van der Waals surface area contributed by atoms with E-state index in [1.54, 1.807) is 7.11 Å². The molecule has 148 valence electrons. The summed E-state index contributed by atoms with van der Waals surface area (Å²) in [6.45, 7) is 3.00. The van der Waals surface area contributed by atoms with E-state index in [1.807, 2.05) is 61.5 Å². The molecule has 1 fully saturated rings. The lowest BCUT2D eigenvalue weighted by Crippen LogP contribution is -3.13. The van der Waals surface area contributed by atoms with Gasteiger partial charge in [0, 0.05) is 30.5 Å². The van der Waals surface area contributed by atoms with E-state index < -0.39 is 12.1 Å². The van der Waals surface area contributed by atoms with Crippen molar-refractivity contribution in [1.82, 2.24) is 10.6 Å². The largest absolute Gasteiger partial charge is 0.497 e. The van der Waals surface area contributed by atoms with Crippen LogP contribution in [0.25, 0.3) is 0 Å². The summed E-state index contributed by atoms with van der Waals surface area (Å²) in [6, 6.07) is 17.2. The van der Waals surface area contributed by atoms with Gasteiger partial charge in [-0.2, -0.15) is 0 Å². The number of urea groups is 1. The maximum Gasteiger partial charge on any atom is 0.321 e. The predicted octanol–water partition coefficient (Wildman–Crippen LogP) is 1.83. The van der Waals surface area contributed by atoms with Crippen LogP contribution in [0.1, 0.15) is 36.9 Å². The third-order valence-corrected chi connectivity index (χ3v) is 5.01. The Kier molecular flexibility index (Phi) is 6.66. The van der Waals surface area contributed by atoms with Gasteiger partial charge in [0.05, 0.1) is 13.2 Å². The highest BCUT2D eigenvalue weighted by atomic mass is 16.5. The Labute approximate surface area is 165 Å². The van der Waals surface area contributed by atoms with E-state index in [2.05, 4.69) is 10.6 Å². The Balaban J connectivity index is 1.86. The highest BCUT2D eigenvalue weighted by Gasteiger charge is 2.42. The van der Waals surface area contributed by atoms with Crippen molar-refractivity contribution in [1.29, 1.82) is 0 Å². The molecule has 0 aromatic heterocycles. The lowest BCUT2D eigenvalue weighted by Gasteiger charge is -2.28. The molecule has 6 heteroatoms. The fourth-order valence-corrected chi connectivity index (χ4v) is 3.48. The molecule has 1 saturated carbocycles. The second-order valence-electron chi connectivity index (χ2n) is 7.07. The van der Waals surface area contributed by atoms with Crippen LogP contribution in [0.3, 0.4) is 0 Å². The minimum Gasteiger partial charge on any atom is -0.497 e. The van der Waals surface area contributed by atoms with Gasteiger partial charge in [0.1, 0.15) is 12.3 Å². The Morgan fingerprint density at radius 3 is 2.36 bits per heavy atom. The number of imide groups is 1. The molecule has 0 bridgehead atoms. The van der Waals surface area contributed by atoms with Crippen molar-refractivity contribution in [2.75, 3.05) is 13.7 Å². The lowest BCUT2D eigenvalue weighted by molar-refractivity contribution is -0.946. The summed E-state index contributed by atoms with van der Waals surface area (Å²) in [7, 11) is 1.65. The van der Waals surface area contributed by atoms with Gasteiger partial charge in [-0.3, -0.25) is 10.1 Å². The molecule has 28 heavy (non-hydrogen) atoms. The van der Waals surface area contributed by atoms with Crippen LogP contribution in [0.15, 0.2) is 54.6 Å². The molecule has 3 rings (SSSR count). The first-order valence-corrected chi connectivity index (χ1v) is 9.74. The van der Waals surface area contributed by atoms with E-state index in [1.165, 1.54) is 0 Å². The van der Waals surface area contributed by atoms with Crippen LogP contribution >= 0.6 is 0 Å². The van der Waals surface area contributed by atoms with E-state index in [0.29, 0.717) is 19.1 Å². The quantitative estimate of drug-likeness (QED) is 0.652. The van der Waals surface area contributed by atoms with Crippen LogP contribution in [-0.4, -0.2) is 31.6 Å². The number of hydrogen-bond acceptors (Lipinski definition) is 3. The van der Waals surface area contributed by atoms with E-state index in [4.69, 9.17) is 4.74 Å². The van der Waals surface area contributed by atoms with Crippen LogP contribution in [-0.2, 0) is 11.3 Å². The van der Waals surface area contributed by atoms with Crippen LogP contribution in [0.5, 0.6) is 5.75 Å². The molecule has 0 radical (unpaired) electrons. The second kappa shape index (κ2) is 9.37. The highest BCUT2D eigenvalue weighted by Crippen LogP contribution is 2.21. The van der Waals surface area contributed by atoms with E-state index in [-0.39, 0.29) is 5.91 Å². The molecule has 2 atom stereocenters. The molecule has 3 N–H and O–H groups in total. The van der Waals surface area contributed by atoms with Gasteiger partial charge < -0.3 is 15.0 Å². The summed E-state index contributed by atoms with van der Waals surface area (Å²) in [5.74, 6) is 0.540. The number of nitrogens with one attached hydrogen (secondary N) is 3. The van der Waals surface area contributed by atoms with Crippen LogP contribution in [0.4, 0.5) is 4.79 Å². The smallest absolute Gasteiger partial charge is 0.321 e. The summed E-state index contributed by atoms with van der Waals surface area (Å²) in [4.78, 5) is 26.2. The highest BCUT2D eigenvalue weighted by molar-refractivity contribution is 5.96. The zero-order valence-electron chi connectivity index (χ0n) is 16.4. The van der Waals surface area contributed by atoms with Gasteiger partial charge in [0.2, 0.25) is 0 Å². The third-order valence-electron chi connectivity index (χ3n) is 5.01. The van der Waals surface area contributed by atoms with Crippen LogP contribution < -0.4 is 20.3 Å². The van der Waals surface area contributed by atoms with E-state index in [9.17, 15) is 9.59 Å². The molecule has 2 aromatic rings.